The maximum absolute atomic E-state index is 4.40. The van der Waals surface area contributed by atoms with Crippen LogP contribution in [0.2, 0.25) is 0 Å². The summed E-state index contributed by atoms with van der Waals surface area (Å²) >= 11 is 0. The van der Waals surface area contributed by atoms with Crippen molar-refractivity contribution < 1.29 is 0 Å². The molecule has 1 aliphatic rings. The third-order valence-electron chi connectivity index (χ3n) is 3.86. The first-order chi connectivity index (χ1) is 9.24. The molecule has 3 rings (SSSR count). The normalized spacial score (nSPS) is 20.5. The highest BCUT2D eigenvalue weighted by Gasteiger charge is 2.25. The van der Waals surface area contributed by atoms with Gasteiger partial charge in [0.25, 0.3) is 0 Å². The van der Waals surface area contributed by atoms with E-state index in [-0.39, 0.29) is 0 Å². The molecular formula is C14H21N5. The Morgan fingerprint density at radius 1 is 1.37 bits per heavy atom. The Morgan fingerprint density at radius 3 is 3.00 bits per heavy atom. The molecule has 0 saturated carbocycles. The molecule has 2 aromatic rings. The van der Waals surface area contributed by atoms with Crippen molar-refractivity contribution in [2.24, 2.45) is 0 Å². The van der Waals surface area contributed by atoms with Crippen LogP contribution in [0.1, 0.15) is 43.6 Å². The van der Waals surface area contributed by atoms with Crippen molar-refractivity contribution in [1.82, 2.24) is 24.9 Å². The molecule has 5 nitrogen and oxygen atoms in total. The number of hydrogen-bond donors (Lipinski definition) is 1. The van der Waals surface area contributed by atoms with E-state index in [9.17, 15) is 0 Å². The van der Waals surface area contributed by atoms with Crippen molar-refractivity contribution in [3.8, 4) is 0 Å². The molecular weight excluding hydrogens is 238 g/mol. The number of nitrogens with one attached hydrogen (secondary N) is 1. The summed E-state index contributed by atoms with van der Waals surface area (Å²) in [5, 5.41) is 11.5. The molecule has 1 fully saturated rings. The lowest BCUT2D eigenvalue weighted by molar-refractivity contribution is 0.309. The summed E-state index contributed by atoms with van der Waals surface area (Å²) < 4.78 is 2.11. The summed E-state index contributed by atoms with van der Waals surface area (Å²) in [6.45, 7) is 7.59. The van der Waals surface area contributed by atoms with E-state index in [4.69, 9.17) is 0 Å². The lowest BCUT2D eigenvalue weighted by atomic mass is 10.1. The summed E-state index contributed by atoms with van der Waals surface area (Å²) in [5.41, 5.74) is 2.57. The largest absolute Gasteiger partial charge is 0.297 e. The van der Waals surface area contributed by atoms with Crippen molar-refractivity contribution in [2.45, 2.75) is 38.8 Å². The maximum Gasteiger partial charge on any atom is 0.0527 e. The van der Waals surface area contributed by atoms with Crippen LogP contribution in [-0.4, -0.2) is 38.0 Å². The molecule has 1 aliphatic heterocycles. The third-order valence-corrected chi connectivity index (χ3v) is 3.86. The Hall–Kier alpha value is -1.62. The zero-order chi connectivity index (χ0) is 13.2. The highest BCUT2D eigenvalue weighted by Crippen LogP contribution is 2.26. The van der Waals surface area contributed by atoms with E-state index in [2.05, 4.69) is 50.9 Å². The molecule has 2 aromatic heterocycles. The molecule has 1 saturated heterocycles. The Kier molecular flexibility index (Phi) is 3.38. The summed E-state index contributed by atoms with van der Waals surface area (Å²) in [6.07, 6.45) is 4.95. The smallest absolute Gasteiger partial charge is 0.0527 e. The number of likely N-dealkylation sites (tertiary alicyclic amines) is 1. The van der Waals surface area contributed by atoms with E-state index in [1.807, 2.05) is 12.4 Å². The second-order valence-electron chi connectivity index (χ2n) is 5.59. The number of aromatic amines is 1. The summed E-state index contributed by atoms with van der Waals surface area (Å²) in [7, 11) is 0. The molecule has 0 bridgehead atoms. The van der Waals surface area contributed by atoms with Crippen LogP contribution in [0, 0.1) is 0 Å². The molecule has 0 radical (unpaired) electrons. The molecule has 0 aromatic carbocycles. The number of hydrogen-bond acceptors (Lipinski definition) is 3. The number of nitrogens with zero attached hydrogens (tertiary/aromatic N) is 4. The average Bonchev–Trinajstić information content (AvgIpc) is 3.09. The summed E-state index contributed by atoms with van der Waals surface area (Å²) in [4.78, 5) is 2.50. The van der Waals surface area contributed by atoms with Crippen LogP contribution in [0.3, 0.4) is 0 Å². The van der Waals surface area contributed by atoms with Gasteiger partial charge in [-0.2, -0.15) is 10.2 Å². The van der Waals surface area contributed by atoms with E-state index >= 15 is 0 Å². The second-order valence-corrected chi connectivity index (χ2v) is 5.59. The molecule has 1 N–H and O–H groups in total. The van der Waals surface area contributed by atoms with E-state index < -0.39 is 0 Å². The number of H-pyrrole nitrogens is 1. The van der Waals surface area contributed by atoms with Gasteiger partial charge in [0.1, 0.15) is 0 Å². The van der Waals surface area contributed by atoms with Crippen molar-refractivity contribution in [2.75, 3.05) is 13.1 Å². The van der Waals surface area contributed by atoms with Crippen molar-refractivity contribution >= 4 is 0 Å². The second kappa shape index (κ2) is 5.17. The fraction of sp³-hybridized carbons (Fsp3) is 0.571. The molecule has 0 spiro atoms. The lowest BCUT2D eigenvalue weighted by Crippen LogP contribution is -2.22. The highest BCUT2D eigenvalue weighted by molar-refractivity contribution is 5.10. The topological polar surface area (TPSA) is 49.7 Å². The van der Waals surface area contributed by atoms with Gasteiger partial charge in [-0.1, -0.05) is 0 Å². The minimum absolute atomic E-state index is 0.427. The van der Waals surface area contributed by atoms with Crippen LogP contribution in [-0.2, 0) is 6.54 Å². The monoisotopic (exact) mass is 259 g/mol. The van der Waals surface area contributed by atoms with E-state index in [0.29, 0.717) is 12.0 Å². The number of aromatic nitrogens is 4. The zero-order valence-electron chi connectivity index (χ0n) is 11.6. The Bertz CT molecular complexity index is 514. The molecule has 5 heteroatoms. The average molecular weight is 259 g/mol. The van der Waals surface area contributed by atoms with Crippen molar-refractivity contribution in [3.05, 3.63) is 35.9 Å². The van der Waals surface area contributed by atoms with Gasteiger partial charge < -0.3 is 0 Å². The van der Waals surface area contributed by atoms with Gasteiger partial charge in [-0.15, -0.1) is 0 Å². The predicted octanol–water partition coefficient (Wildman–Crippen LogP) is 2.18. The SMILES string of the molecule is CC(C)n1nccc1CN1CC[C@H](c2ccn[nH]2)C1. The van der Waals surface area contributed by atoms with Crippen LogP contribution in [0.5, 0.6) is 0 Å². The van der Waals surface area contributed by atoms with Gasteiger partial charge in [0.05, 0.1) is 5.69 Å². The molecule has 0 aliphatic carbocycles. The Balaban J connectivity index is 1.64. The van der Waals surface area contributed by atoms with Crippen LogP contribution in [0.15, 0.2) is 24.5 Å². The predicted molar refractivity (Wildman–Crippen MR) is 73.8 cm³/mol. The summed E-state index contributed by atoms with van der Waals surface area (Å²) in [6, 6.07) is 4.65. The van der Waals surface area contributed by atoms with Gasteiger partial charge in [-0.25, -0.2) is 0 Å². The van der Waals surface area contributed by atoms with Gasteiger partial charge in [-0.3, -0.25) is 14.7 Å². The quantitative estimate of drug-likeness (QED) is 0.915. The van der Waals surface area contributed by atoms with E-state index in [1.54, 1.807) is 0 Å². The lowest BCUT2D eigenvalue weighted by Gasteiger charge is -2.18. The van der Waals surface area contributed by atoms with Crippen molar-refractivity contribution in [1.29, 1.82) is 0 Å². The minimum atomic E-state index is 0.427. The standard InChI is InChI=1S/C14H21N5/c1-11(2)19-13(3-7-16-19)10-18-8-5-12(9-18)14-4-6-15-17-14/h3-4,6-7,11-12H,5,8-10H2,1-2H3,(H,15,17)/t12-/m0/s1. The highest BCUT2D eigenvalue weighted by atomic mass is 15.3. The first kappa shape index (κ1) is 12.4. The zero-order valence-corrected chi connectivity index (χ0v) is 11.6. The maximum atomic E-state index is 4.40. The van der Waals surface area contributed by atoms with Gasteiger partial charge in [-0.05, 0) is 38.9 Å². The van der Waals surface area contributed by atoms with Gasteiger partial charge in [0, 0.05) is 43.1 Å². The van der Waals surface area contributed by atoms with Crippen LogP contribution in [0.4, 0.5) is 0 Å². The molecule has 19 heavy (non-hydrogen) atoms. The fourth-order valence-electron chi connectivity index (χ4n) is 2.89. The van der Waals surface area contributed by atoms with E-state index in [1.165, 1.54) is 17.8 Å². The van der Waals surface area contributed by atoms with Crippen LogP contribution in [0.25, 0.3) is 0 Å². The van der Waals surface area contributed by atoms with Crippen LogP contribution >= 0.6 is 0 Å². The molecule has 102 valence electrons. The summed E-state index contributed by atoms with van der Waals surface area (Å²) in [5.74, 6) is 0.595. The Labute approximate surface area is 113 Å². The van der Waals surface area contributed by atoms with Crippen molar-refractivity contribution in [3.63, 3.8) is 0 Å². The fourth-order valence-corrected chi connectivity index (χ4v) is 2.89. The minimum Gasteiger partial charge on any atom is -0.297 e. The van der Waals surface area contributed by atoms with Gasteiger partial charge in [0.2, 0.25) is 0 Å². The first-order valence-electron chi connectivity index (χ1n) is 6.98. The van der Waals surface area contributed by atoms with Gasteiger partial charge in [0.15, 0.2) is 0 Å². The van der Waals surface area contributed by atoms with Gasteiger partial charge >= 0.3 is 0 Å². The van der Waals surface area contributed by atoms with E-state index in [0.717, 1.165) is 19.6 Å². The first-order valence-corrected chi connectivity index (χ1v) is 6.98. The molecule has 1 atom stereocenters. The molecule has 0 unspecified atom stereocenters. The Morgan fingerprint density at radius 2 is 2.26 bits per heavy atom. The molecule has 0 amide bonds. The van der Waals surface area contributed by atoms with Crippen LogP contribution < -0.4 is 0 Å². The number of rotatable bonds is 4. The third kappa shape index (κ3) is 2.56. The molecule has 3 heterocycles.